The minimum Gasteiger partial charge on any atom is -0.493 e. The zero-order valence-corrected chi connectivity index (χ0v) is 18.4. The number of ether oxygens (including phenoxy) is 3. The van der Waals surface area contributed by atoms with Crippen LogP contribution in [0.25, 0.3) is 0 Å². The minimum atomic E-state index is -3.87. The molecule has 14 heteroatoms. The Labute approximate surface area is 186 Å². The van der Waals surface area contributed by atoms with Gasteiger partial charge in [-0.05, 0) is 24.3 Å². The number of halogens is 3. The third-order valence-electron chi connectivity index (χ3n) is 4.07. The van der Waals surface area contributed by atoms with E-state index in [1.165, 1.54) is 26.2 Å². The molecule has 0 amide bonds. The highest BCUT2D eigenvalue weighted by atomic mass is 35.5. The first-order valence-electron chi connectivity index (χ1n) is 8.57. The van der Waals surface area contributed by atoms with Gasteiger partial charge in [0.2, 0.25) is 10.0 Å². The molecular weight excluding hydrogens is 478 g/mol. The van der Waals surface area contributed by atoms with Crippen molar-refractivity contribution < 1.29 is 41.1 Å². The standard InChI is InChI=1S/C18H17ClF2N2O8S/c1-22(2)32(27,28)11-4-5-13(19)12(7-11)17(24)30-9-10-6-15(29-3)16(31-18(20)21)8-14(10)23(25)26/h4-8,18H,9H2,1-3H3. The van der Waals surface area contributed by atoms with Gasteiger partial charge in [0, 0.05) is 14.1 Å². The number of alkyl halides is 2. The summed E-state index contributed by atoms with van der Waals surface area (Å²) in [6, 6.07) is 5.13. The van der Waals surface area contributed by atoms with E-state index >= 15 is 0 Å². The molecule has 10 nitrogen and oxygen atoms in total. The van der Waals surface area contributed by atoms with Crippen molar-refractivity contribution in [3.63, 3.8) is 0 Å². The number of carbonyl (C=O) groups excluding carboxylic acids is 1. The molecule has 0 aliphatic heterocycles. The van der Waals surface area contributed by atoms with Crippen LogP contribution in [0.15, 0.2) is 35.2 Å². The Hall–Kier alpha value is -3.03. The van der Waals surface area contributed by atoms with Gasteiger partial charge in [0.1, 0.15) is 6.61 Å². The molecule has 2 rings (SSSR count). The van der Waals surface area contributed by atoms with Crippen LogP contribution in [0.4, 0.5) is 14.5 Å². The van der Waals surface area contributed by atoms with Gasteiger partial charge >= 0.3 is 12.6 Å². The predicted octanol–water partition coefficient (Wildman–Crippen LogP) is 3.47. The second-order valence-corrected chi connectivity index (χ2v) is 8.83. The Morgan fingerprint density at radius 2 is 1.88 bits per heavy atom. The van der Waals surface area contributed by atoms with Gasteiger partial charge < -0.3 is 14.2 Å². The first kappa shape index (κ1) is 25.2. The van der Waals surface area contributed by atoms with E-state index in [0.717, 1.165) is 23.5 Å². The van der Waals surface area contributed by atoms with Crippen molar-refractivity contribution in [2.24, 2.45) is 0 Å². The maximum absolute atomic E-state index is 12.5. The number of nitro groups is 1. The lowest BCUT2D eigenvalue weighted by Crippen LogP contribution is -2.22. The number of sulfonamides is 1. The summed E-state index contributed by atoms with van der Waals surface area (Å²) in [7, 11) is -0.139. The van der Waals surface area contributed by atoms with Gasteiger partial charge in [-0.1, -0.05) is 11.6 Å². The summed E-state index contributed by atoms with van der Waals surface area (Å²) in [5.41, 5.74) is -1.14. The molecule has 0 saturated heterocycles. The Morgan fingerprint density at radius 3 is 2.41 bits per heavy atom. The molecule has 2 aromatic rings. The van der Waals surface area contributed by atoms with E-state index in [-0.39, 0.29) is 26.8 Å². The molecule has 174 valence electrons. The highest BCUT2D eigenvalue weighted by Gasteiger charge is 2.25. The highest BCUT2D eigenvalue weighted by Crippen LogP contribution is 2.36. The van der Waals surface area contributed by atoms with E-state index in [2.05, 4.69) is 4.74 Å². The molecule has 0 unspecified atom stereocenters. The van der Waals surface area contributed by atoms with Gasteiger partial charge in [0.25, 0.3) is 5.69 Å². The van der Waals surface area contributed by atoms with Crippen LogP contribution in [0.5, 0.6) is 11.5 Å². The van der Waals surface area contributed by atoms with Gasteiger partial charge in [0.15, 0.2) is 11.5 Å². The Kier molecular flexibility index (Phi) is 7.93. The lowest BCUT2D eigenvalue weighted by molar-refractivity contribution is -0.386. The number of methoxy groups -OCH3 is 1. The molecule has 32 heavy (non-hydrogen) atoms. The van der Waals surface area contributed by atoms with Crippen molar-refractivity contribution in [3.05, 3.63) is 56.6 Å². The van der Waals surface area contributed by atoms with E-state index in [4.69, 9.17) is 21.1 Å². The summed E-state index contributed by atoms with van der Waals surface area (Å²) in [4.78, 5) is 22.7. The highest BCUT2D eigenvalue weighted by molar-refractivity contribution is 7.89. The molecule has 0 bridgehead atoms. The lowest BCUT2D eigenvalue weighted by atomic mass is 10.1. The van der Waals surface area contributed by atoms with Crippen LogP contribution < -0.4 is 9.47 Å². The van der Waals surface area contributed by atoms with E-state index < -0.39 is 45.6 Å². The fraction of sp³-hybridized carbons (Fsp3) is 0.278. The van der Waals surface area contributed by atoms with Crippen LogP contribution in [0, 0.1) is 10.1 Å². The molecule has 0 radical (unpaired) electrons. The molecule has 2 aromatic carbocycles. The third kappa shape index (κ3) is 5.60. The number of nitrogens with zero attached hydrogens (tertiary/aromatic N) is 2. The average molecular weight is 495 g/mol. The van der Waals surface area contributed by atoms with E-state index in [9.17, 15) is 32.1 Å². The summed E-state index contributed by atoms with van der Waals surface area (Å²) >= 11 is 5.98. The van der Waals surface area contributed by atoms with Gasteiger partial charge in [0.05, 0.1) is 39.1 Å². The Morgan fingerprint density at radius 1 is 1.22 bits per heavy atom. The van der Waals surface area contributed by atoms with Crippen molar-refractivity contribution in [1.29, 1.82) is 0 Å². The monoisotopic (exact) mass is 494 g/mol. The smallest absolute Gasteiger partial charge is 0.387 e. The fourth-order valence-electron chi connectivity index (χ4n) is 2.48. The number of esters is 1. The summed E-state index contributed by atoms with van der Waals surface area (Å²) in [6.45, 7) is -3.92. The maximum Gasteiger partial charge on any atom is 0.387 e. The second-order valence-electron chi connectivity index (χ2n) is 6.27. The fourth-order valence-corrected chi connectivity index (χ4v) is 3.60. The van der Waals surface area contributed by atoms with Gasteiger partial charge in [-0.25, -0.2) is 17.5 Å². The number of rotatable bonds is 9. The van der Waals surface area contributed by atoms with Crippen LogP contribution in [0.3, 0.4) is 0 Å². The largest absolute Gasteiger partial charge is 0.493 e. The molecular formula is C18H17ClF2N2O8S. The van der Waals surface area contributed by atoms with E-state index in [1.807, 2.05) is 0 Å². The average Bonchev–Trinajstić information content (AvgIpc) is 2.71. The predicted molar refractivity (Wildman–Crippen MR) is 108 cm³/mol. The van der Waals surface area contributed by atoms with Crippen molar-refractivity contribution in [2.45, 2.75) is 18.1 Å². The van der Waals surface area contributed by atoms with Crippen LogP contribution in [-0.4, -0.2) is 51.4 Å². The Bertz CT molecular complexity index is 1140. The van der Waals surface area contributed by atoms with Gasteiger partial charge in [-0.3, -0.25) is 10.1 Å². The molecule has 0 saturated carbocycles. The van der Waals surface area contributed by atoms with Crippen LogP contribution in [-0.2, 0) is 21.4 Å². The van der Waals surface area contributed by atoms with Gasteiger partial charge in [-0.2, -0.15) is 8.78 Å². The third-order valence-corrected chi connectivity index (χ3v) is 6.21. The van der Waals surface area contributed by atoms with Crippen molar-refractivity contribution >= 4 is 33.3 Å². The van der Waals surface area contributed by atoms with Gasteiger partial charge in [-0.15, -0.1) is 0 Å². The van der Waals surface area contributed by atoms with Crippen molar-refractivity contribution in [2.75, 3.05) is 21.2 Å². The maximum atomic E-state index is 12.5. The quantitative estimate of drug-likeness (QED) is 0.295. The van der Waals surface area contributed by atoms with Crippen molar-refractivity contribution in [3.8, 4) is 11.5 Å². The zero-order chi connectivity index (χ0) is 24.2. The number of nitro benzene ring substituents is 1. The van der Waals surface area contributed by atoms with Crippen molar-refractivity contribution in [1.82, 2.24) is 4.31 Å². The molecule has 0 spiro atoms. The van der Waals surface area contributed by atoms with Crippen LogP contribution in [0.2, 0.25) is 5.02 Å². The molecule has 0 atom stereocenters. The first-order valence-corrected chi connectivity index (χ1v) is 10.4. The molecule has 0 aliphatic rings. The first-order chi connectivity index (χ1) is 14.9. The van der Waals surface area contributed by atoms with Crippen LogP contribution in [0.1, 0.15) is 15.9 Å². The molecule has 0 aromatic heterocycles. The normalized spacial score (nSPS) is 11.5. The van der Waals surface area contributed by atoms with Crippen LogP contribution >= 0.6 is 11.6 Å². The lowest BCUT2D eigenvalue weighted by Gasteiger charge is -2.14. The molecule has 0 aliphatic carbocycles. The number of benzene rings is 2. The van der Waals surface area contributed by atoms with E-state index in [0.29, 0.717) is 6.07 Å². The SMILES string of the molecule is COc1cc(COC(=O)c2cc(S(=O)(=O)N(C)C)ccc2Cl)c([N+](=O)[O-])cc1OC(F)F. The number of hydrogen-bond acceptors (Lipinski definition) is 8. The summed E-state index contributed by atoms with van der Waals surface area (Å²) in [5.74, 6) is -1.89. The second kappa shape index (κ2) is 10.1. The summed E-state index contributed by atoms with van der Waals surface area (Å²) in [5, 5.41) is 11.2. The number of carbonyl (C=O) groups is 1. The van der Waals surface area contributed by atoms with E-state index in [1.54, 1.807) is 0 Å². The number of hydrogen-bond donors (Lipinski definition) is 0. The summed E-state index contributed by atoms with van der Waals surface area (Å²) < 4.78 is 64.7. The molecule has 0 N–H and O–H groups in total. The molecule has 0 heterocycles. The zero-order valence-electron chi connectivity index (χ0n) is 16.9. The minimum absolute atomic E-state index is 0.111. The molecule has 0 fully saturated rings. The topological polar surface area (TPSA) is 125 Å². The summed E-state index contributed by atoms with van der Waals surface area (Å²) in [6.07, 6.45) is 0. The Balaban J connectivity index is 2.36.